The van der Waals surface area contributed by atoms with Gasteiger partial charge in [0.1, 0.15) is 11.1 Å². The van der Waals surface area contributed by atoms with E-state index >= 15 is 0 Å². The van der Waals surface area contributed by atoms with E-state index in [9.17, 15) is 9.90 Å². The molecule has 0 saturated heterocycles. The van der Waals surface area contributed by atoms with Crippen LogP contribution in [0.5, 0.6) is 11.5 Å². The predicted octanol–water partition coefficient (Wildman–Crippen LogP) is 2.50. The number of carboxylic acids is 1. The summed E-state index contributed by atoms with van der Waals surface area (Å²) in [5, 5.41) is 9.48. The van der Waals surface area contributed by atoms with Crippen molar-refractivity contribution in [3.63, 3.8) is 0 Å². The highest BCUT2D eigenvalue weighted by Gasteiger charge is 2.22. The summed E-state index contributed by atoms with van der Waals surface area (Å²) in [7, 11) is 2.84. The molecule has 2 aromatic carbocycles. The maximum atomic E-state index is 11.6. The van der Waals surface area contributed by atoms with E-state index in [-0.39, 0.29) is 16.8 Å². The molecular weight excluding hydrogens is 272 g/mol. The van der Waals surface area contributed by atoms with Crippen molar-refractivity contribution in [2.75, 3.05) is 14.2 Å². The van der Waals surface area contributed by atoms with Crippen molar-refractivity contribution < 1.29 is 19.4 Å². The molecule has 6 heteroatoms. The number of methoxy groups -OCH3 is 2. The van der Waals surface area contributed by atoms with Gasteiger partial charge < -0.3 is 14.6 Å². The van der Waals surface area contributed by atoms with Gasteiger partial charge in [0.15, 0.2) is 11.5 Å². The average Bonchev–Trinajstić information content (AvgIpc) is 2.50. The quantitative estimate of drug-likeness (QED) is 0.744. The molecule has 0 fully saturated rings. The van der Waals surface area contributed by atoms with Gasteiger partial charge in [0.2, 0.25) is 0 Å². The monoisotopic (exact) mass is 284 g/mol. The maximum Gasteiger partial charge on any atom is 0.341 e. The fourth-order valence-corrected chi connectivity index (χ4v) is 2.27. The first kappa shape index (κ1) is 13.1. The topological polar surface area (TPSA) is 81.5 Å². The van der Waals surface area contributed by atoms with Gasteiger partial charge in [0.05, 0.1) is 30.8 Å². The van der Waals surface area contributed by atoms with Crippen LogP contribution in [-0.2, 0) is 0 Å². The summed E-state index contributed by atoms with van der Waals surface area (Å²) in [6.45, 7) is 0. The van der Waals surface area contributed by atoms with Crippen molar-refractivity contribution in [3.05, 3.63) is 35.9 Å². The summed E-state index contributed by atoms with van der Waals surface area (Å²) in [5.41, 5.74) is 1.99. The van der Waals surface area contributed by atoms with Gasteiger partial charge in [-0.05, 0) is 12.1 Å². The molecule has 0 radical (unpaired) electrons. The lowest BCUT2D eigenvalue weighted by molar-refractivity contribution is 0.0694. The number of aromatic nitrogens is 2. The van der Waals surface area contributed by atoms with Crippen LogP contribution in [0.1, 0.15) is 10.4 Å². The van der Waals surface area contributed by atoms with E-state index in [2.05, 4.69) is 9.97 Å². The summed E-state index contributed by atoms with van der Waals surface area (Å²) >= 11 is 0. The molecule has 1 aromatic heterocycles. The standard InChI is InChI=1S/C15H12N2O4/c1-20-11-7-10-13(12(15(18)19)14(11)21-2)17-9-6-4-3-5-8(9)16-10/h3-7H,1-2H3,(H,18,19). The largest absolute Gasteiger partial charge is 0.493 e. The van der Waals surface area contributed by atoms with Crippen molar-refractivity contribution in [1.82, 2.24) is 9.97 Å². The third-order valence-corrected chi connectivity index (χ3v) is 3.19. The van der Waals surface area contributed by atoms with Gasteiger partial charge >= 0.3 is 5.97 Å². The molecule has 0 atom stereocenters. The Morgan fingerprint density at radius 1 is 1.05 bits per heavy atom. The highest BCUT2D eigenvalue weighted by molar-refractivity contribution is 6.06. The van der Waals surface area contributed by atoms with E-state index < -0.39 is 5.97 Å². The minimum Gasteiger partial charge on any atom is -0.493 e. The summed E-state index contributed by atoms with van der Waals surface area (Å²) < 4.78 is 10.4. The molecule has 0 spiro atoms. The molecular formula is C15H12N2O4. The number of nitrogens with zero attached hydrogens (tertiary/aromatic N) is 2. The lowest BCUT2D eigenvalue weighted by Gasteiger charge is -2.12. The first-order valence-electron chi connectivity index (χ1n) is 6.20. The molecule has 0 amide bonds. The zero-order valence-corrected chi connectivity index (χ0v) is 11.5. The smallest absolute Gasteiger partial charge is 0.341 e. The zero-order valence-electron chi connectivity index (χ0n) is 11.5. The van der Waals surface area contributed by atoms with E-state index in [1.807, 2.05) is 18.2 Å². The molecule has 0 aliphatic rings. The Labute approximate surface area is 120 Å². The van der Waals surface area contributed by atoms with Crippen LogP contribution in [0, 0.1) is 0 Å². The fraction of sp³-hybridized carbons (Fsp3) is 0.133. The predicted molar refractivity (Wildman–Crippen MR) is 77.1 cm³/mol. The molecule has 0 aliphatic carbocycles. The molecule has 106 valence electrons. The molecule has 21 heavy (non-hydrogen) atoms. The van der Waals surface area contributed by atoms with Crippen LogP contribution in [0.2, 0.25) is 0 Å². The fourth-order valence-electron chi connectivity index (χ4n) is 2.27. The Morgan fingerprint density at radius 2 is 1.71 bits per heavy atom. The lowest BCUT2D eigenvalue weighted by Crippen LogP contribution is -2.05. The molecule has 0 aliphatic heterocycles. The number of carboxylic acid groups (broad SMARTS) is 1. The molecule has 1 heterocycles. The molecule has 0 bridgehead atoms. The van der Waals surface area contributed by atoms with Crippen LogP contribution in [-0.4, -0.2) is 35.3 Å². The van der Waals surface area contributed by atoms with Crippen LogP contribution < -0.4 is 9.47 Å². The Kier molecular flexibility index (Phi) is 3.06. The van der Waals surface area contributed by atoms with Gasteiger partial charge in [-0.15, -0.1) is 0 Å². The third kappa shape index (κ3) is 2.01. The lowest BCUT2D eigenvalue weighted by atomic mass is 10.1. The van der Waals surface area contributed by atoms with Crippen LogP contribution >= 0.6 is 0 Å². The normalized spacial score (nSPS) is 10.8. The Morgan fingerprint density at radius 3 is 2.29 bits per heavy atom. The second-order valence-electron chi connectivity index (χ2n) is 4.37. The number of fused-ring (bicyclic) bond motifs is 2. The minimum absolute atomic E-state index is 0.0508. The molecule has 3 rings (SSSR count). The van der Waals surface area contributed by atoms with E-state index in [1.54, 1.807) is 12.1 Å². The van der Waals surface area contributed by atoms with Gasteiger partial charge in [-0.25, -0.2) is 14.8 Å². The maximum absolute atomic E-state index is 11.6. The number of aromatic carboxylic acids is 1. The van der Waals surface area contributed by atoms with Crippen molar-refractivity contribution in [3.8, 4) is 11.5 Å². The molecule has 1 N–H and O–H groups in total. The summed E-state index contributed by atoms with van der Waals surface area (Å²) in [6, 6.07) is 8.90. The van der Waals surface area contributed by atoms with E-state index in [4.69, 9.17) is 9.47 Å². The zero-order chi connectivity index (χ0) is 15.0. The second-order valence-corrected chi connectivity index (χ2v) is 4.37. The summed E-state index contributed by atoms with van der Waals surface area (Å²) in [6.07, 6.45) is 0. The van der Waals surface area contributed by atoms with Crippen LogP contribution in [0.25, 0.3) is 22.1 Å². The number of hydrogen-bond donors (Lipinski definition) is 1. The van der Waals surface area contributed by atoms with Crippen LogP contribution in [0.4, 0.5) is 0 Å². The SMILES string of the molecule is COc1cc2nc3ccccc3nc2c(C(=O)O)c1OC. The van der Waals surface area contributed by atoms with E-state index in [0.717, 1.165) is 0 Å². The number of carbonyl (C=O) groups is 1. The van der Waals surface area contributed by atoms with Gasteiger partial charge in [0.25, 0.3) is 0 Å². The van der Waals surface area contributed by atoms with Gasteiger partial charge in [0, 0.05) is 6.07 Å². The van der Waals surface area contributed by atoms with Crippen molar-refractivity contribution in [2.45, 2.75) is 0 Å². The molecule has 0 saturated carbocycles. The average molecular weight is 284 g/mol. The number of benzene rings is 2. The third-order valence-electron chi connectivity index (χ3n) is 3.19. The highest BCUT2D eigenvalue weighted by atomic mass is 16.5. The van der Waals surface area contributed by atoms with Crippen LogP contribution in [0.3, 0.4) is 0 Å². The summed E-state index contributed by atoms with van der Waals surface area (Å²) in [5.74, 6) is -0.686. The number of para-hydroxylation sites is 2. The number of ether oxygens (including phenoxy) is 2. The first-order chi connectivity index (χ1) is 10.2. The first-order valence-corrected chi connectivity index (χ1v) is 6.20. The highest BCUT2D eigenvalue weighted by Crippen LogP contribution is 2.36. The molecule has 3 aromatic rings. The van der Waals surface area contributed by atoms with Gasteiger partial charge in [-0.2, -0.15) is 0 Å². The van der Waals surface area contributed by atoms with Gasteiger partial charge in [-0.1, -0.05) is 12.1 Å². The van der Waals surface area contributed by atoms with Crippen molar-refractivity contribution in [1.29, 1.82) is 0 Å². The van der Waals surface area contributed by atoms with E-state index in [1.165, 1.54) is 14.2 Å². The minimum atomic E-state index is -1.14. The Balaban J connectivity index is 2.50. The van der Waals surface area contributed by atoms with E-state index in [0.29, 0.717) is 22.3 Å². The van der Waals surface area contributed by atoms with Crippen LogP contribution in [0.15, 0.2) is 30.3 Å². The Hall–Kier alpha value is -2.89. The Bertz CT molecular complexity index is 861. The second kappa shape index (κ2) is 4.90. The summed E-state index contributed by atoms with van der Waals surface area (Å²) in [4.78, 5) is 20.4. The number of rotatable bonds is 3. The van der Waals surface area contributed by atoms with Crippen molar-refractivity contribution >= 4 is 28.0 Å². The molecule has 0 unspecified atom stereocenters. The van der Waals surface area contributed by atoms with Crippen molar-refractivity contribution in [2.24, 2.45) is 0 Å². The number of hydrogen-bond acceptors (Lipinski definition) is 5. The van der Waals surface area contributed by atoms with Gasteiger partial charge in [-0.3, -0.25) is 0 Å². The molecule has 6 nitrogen and oxygen atoms in total.